The first kappa shape index (κ1) is 15.0. The summed E-state index contributed by atoms with van der Waals surface area (Å²) in [6.45, 7) is 11.0. The summed E-state index contributed by atoms with van der Waals surface area (Å²) in [7, 11) is 1.72. The summed E-state index contributed by atoms with van der Waals surface area (Å²) in [5.74, 6) is 1.02. The van der Waals surface area contributed by atoms with Crippen LogP contribution in [0.5, 0.6) is 0 Å². The minimum absolute atomic E-state index is 0.730. The van der Waals surface area contributed by atoms with Crippen LogP contribution in [-0.4, -0.2) is 38.3 Å². The number of hydrogen-bond donors (Lipinski definition) is 1. The maximum atomic E-state index is 5.50. The lowest BCUT2D eigenvalue weighted by molar-refractivity contribution is 0.150. The SMILES string of the molecule is C=CCN(CCOC)Cc1ccoc1CNCC. The van der Waals surface area contributed by atoms with E-state index in [-0.39, 0.29) is 0 Å². The minimum Gasteiger partial charge on any atom is -0.468 e. The molecule has 4 heteroatoms. The molecule has 0 spiro atoms. The van der Waals surface area contributed by atoms with Crippen molar-refractivity contribution in [3.05, 3.63) is 36.3 Å². The van der Waals surface area contributed by atoms with Crippen LogP contribution >= 0.6 is 0 Å². The Kier molecular flexibility index (Phi) is 7.41. The summed E-state index contributed by atoms with van der Waals surface area (Å²) in [5, 5.41) is 3.28. The maximum absolute atomic E-state index is 5.50. The van der Waals surface area contributed by atoms with E-state index < -0.39 is 0 Å². The molecule has 0 fully saturated rings. The summed E-state index contributed by atoms with van der Waals surface area (Å²) in [6.07, 6.45) is 3.67. The highest BCUT2D eigenvalue weighted by molar-refractivity contribution is 5.17. The molecule has 1 rings (SSSR count). The summed E-state index contributed by atoms with van der Waals surface area (Å²) >= 11 is 0. The lowest BCUT2D eigenvalue weighted by Crippen LogP contribution is -2.27. The third-order valence-electron chi connectivity index (χ3n) is 2.77. The molecule has 1 aromatic rings. The number of methoxy groups -OCH3 is 1. The lowest BCUT2D eigenvalue weighted by atomic mass is 10.2. The Bertz CT molecular complexity index is 336. The summed E-state index contributed by atoms with van der Waals surface area (Å²) in [5.41, 5.74) is 1.23. The van der Waals surface area contributed by atoms with E-state index in [2.05, 4.69) is 23.7 Å². The standard InChI is InChI=1S/C14H24N2O2/c1-4-7-16(8-10-17-3)12-13-6-9-18-14(13)11-15-5-2/h4,6,9,15H,1,5,7-8,10-12H2,2-3H3. The first-order valence-corrected chi connectivity index (χ1v) is 6.40. The van der Waals surface area contributed by atoms with Gasteiger partial charge in [-0.15, -0.1) is 6.58 Å². The zero-order valence-corrected chi connectivity index (χ0v) is 11.4. The highest BCUT2D eigenvalue weighted by Crippen LogP contribution is 2.13. The predicted molar refractivity (Wildman–Crippen MR) is 73.4 cm³/mol. The molecule has 0 aliphatic carbocycles. The second-order valence-corrected chi connectivity index (χ2v) is 4.17. The van der Waals surface area contributed by atoms with E-state index in [4.69, 9.17) is 9.15 Å². The van der Waals surface area contributed by atoms with Crippen molar-refractivity contribution in [2.75, 3.05) is 33.4 Å². The molecule has 102 valence electrons. The van der Waals surface area contributed by atoms with Crippen molar-refractivity contribution in [1.82, 2.24) is 10.2 Å². The molecule has 1 N–H and O–H groups in total. The molecule has 0 aromatic carbocycles. The van der Waals surface area contributed by atoms with E-state index in [1.807, 2.05) is 12.1 Å². The Labute approximate surface area is 110 Å². The van der Waals surface area contributed by atoms with Gasteiger partial charge in [0.15, 0.2) is 0 Å². The molecule has 1 heterocycles. The van der Waals surface area contributed by atoms with Crippen LogP contribution in [0.25, 0.3) is 0 Å². The zero-order valence-electron chi connectivity index (χ0n) is 11.4. The molecule has 0 atom stereocenters. The average Bonchev–Trinajstić information content (AvgIpc) is 2.81. The van der Waals surface area contributed by atoms with Crippen molar-refractivity contribution in [2.45, 2.75) is 20.0 Å². The Balaban J connectivity index is 2.55. The zero-order chi connectivity index (χ0) is 13.2. The second kappa shape index (κ2) is 8.91. The van der Waals surface area contributed by atoms with Crippen molar-refractivity contribution >= 4 is 0 Å². The van der Waals surface area contributed by atoms with Crippen LogP contribution in [0.2, 0.25) is 0 Å². The van der Waals surface area contributed by atoms with Crippen molar-refractivity contribution in [1.29, 1.82) is 0 Å². The molecule has 1 aromatic heterocycles. The predicted octanol–water partition coefficient (Wildman–Crippen LogP) is 2.02. The monoisotopic (exact) mass is 252 g/mol. The van der Waals surface area contributed by atoms with Gasteiger partial charge < -0.3 is 14.5 Å². The van der Waals surface area contributed by atoms with Crippen LogP contribution in [-0.2, 0) is 17.8 Å². The molecule has 0 saturated carbocycles. The number of furan rings is 1. The topological polar surface area (TPSA) is 37.6 Å². The Morgan fingerprint density at radius 2 is 2.39 bits per heavy atom. The fourth-order valence-corrected chi connectivity index (χ4v) is 1.78. The maximum Gasteiger partial charge on any atom is 0.122 e. The van der Waals surface area contributed by atoms with Crippen molar-refractivity contribution < 1.29 is 9.15 Å². The lowest BCUT2D eigenvalue weighted by Gasteiger charge is -2.20. The molecule has 0 saturated heterocycles. The Hall–Kier alpha value is -1.10. The molecular formula is C14H24N2O2. The van der Waals surface area contributed by atoms with Crippen LogP contribution in [0.4, 0.5) is 0 Å². The smallest absolute Gasteiger partial charge is 0.122 e. The molecule has 4 nitrogen and oxygen atoms in total. The van der Waals surface area contributed by atoms with Crippen molar-refractivity contribution in [3.63, 3.8) is 0 Å². The number of ether oxygens (including phenoxy) is 1. The summed E-state index contributed by atoms with van der Waals surface area (Å²) in [6, 6.07) is 2.04. The summed E-state index contributed by atoms with van der Waals surface area (Å²) in [4.78, 5) is 2.29. The van der Waals surface area contributed by atoms with Gasteiger partial charge >= 0.3 is 0 Å². The number of nitrogens with one attached hydrogen (secondary N) is 1. The van der Waals surface area contributed by atoms with E-state index in [0.717, 1.165) is 45.1 Å². The Morgan fingerprint density at radius 3 is 3.06 bits per heavy atom. The Morgan fingerprint density at radius 1 is 1.56 bits per heavy atom. The van der Waals surface area contributed by atoms with Crippen molar-refractivity contribution in [2.24, 2.45) is 0 Å². The first-order chi connectivity index (χ1) is 8.81. The fraction of sp³-hybridized carbons (Fsp3) is 0.571. The molecular weight excluding hydrogens is 228 g/mol. The van der Waals surface area contributed by atoms with Gasteiger partial charge in [-0.25, -0.2) is 0 Å². The van der Waals surface area contributed by atoms with Gasteiger partial charge in [0.2, 0.25) is 0 Å². The van der Waals surface area contributed by atoms with E-state index in [9.17, 15) is 0 Å². The number of hydrogen-bond acceptors (Lipinski definition) is 4. The van der Waals surface area contributed by atoms with Gasteiger partial charge in [0.1, 0.15) is 5.76 Å². The first-order valence-electron chi connectivity index (χ1n) is 6.40. The number of rotatable bonds is 10. The van der Waals surface area contributed by atoms with Crippen LogP contribution in [0.1, 0.15) is 18.2 Å². The van der Waals surface area contributed by atoms with Gasteiger partial charge in [0.25, 0.3) is 0 Å². The second-order valence-electron chi connectivity index (χ2n) is 4.17. The molecule has 0 radical (unpaired) electrons. The molecule has 0 amide bonds. The highest BCUT2D eigenvalue weighted by Gasteiger charge is 2.10. The van der Waals surface area contributed by atoms with E-state index in [1.165, 1.54) is 5.56 Å². The highest BCUT2D eigenvalue weighted by atomic mass is 16.5. The van der Waals surface area contributed by atoms with E-state index in [0.29, 0.717) is 0 Å². The van der Waals surface area contributed by atoms with Crippen LogP contribution < -0.4 is 5.32 Å². The average molecular weight is 252 g/mol. The summed E-state index contributed by atoms with van der Waals surface area (Å²) < 4.78 is 10.6. The largest absolute Gasteiger partial charge is 0.468 e. The normalized spacial score (nSPS) is 11.1. The van der Waals surface area contributed by atoms with Crippen LogP contribution in [0, 0.1) is 0 Å². The van der Waals surface area contributed by atoms with Gasteiger partial charge in [-0.1, -0.05) is 13.0 Å². The molecule has 18 heavy (non-hydrogen) atoms. The van der Waals surface area contributed by atoms with Crippen molar-refractivity contribution in [3.8, 4) is 0 Å². The third-order valence-corrected chi connectivity index (χ3v) is 2.77. The van der Waals surface area contributed by atoms with E-state index >= 15 is 0 Å². The van der Waals surface area contributed by atoms with Gasteiger partial charge in [-0.2, -0.15) is 0 Å². The number of nitrogens with zero attached hydrogens (tertiary/aromatic N) is 1. The molecule has 0 aliphatic heterocycles. The van der Waals surface area contributed by atoms with Crippen LogP contribution in [0.15, 0.2) is 29.4 Å². The quantitative estimate of drug-likeness (QED) is 0.647. The third kappa shape index (κ3) is 5.04. The minimum atomic E-state index is 0.730. The van der Waals surface area contributed by atoms with Gasteiger partial charge in [-0.3, -0.25) is 4.90 Å². The van der Waals surface area contributed by atoms with Gasteiger partial charge in [0.05, 0.1) is 19.4 Å². The van der Waals surface area contributed by atoms with E-state index in [1.54, 1.807) is 13.4 Å². The fourth-order valence-electron chi connectivity index (χ4n) is 1.78. The van der Waals surface area contributed by atoms with Gasteiger partial charge in [-0.05, 0) is 12.6 Å². The van der Waals surface area contributed by atoms with Crippen LogP contribution in [0.3, 0.4) is 0 Å². The van der Waals surface area contributed by atoms with Gasteiger partial charge in [0, 0.05) is 32.3 Å². The molecule has 0 unspecified atom stereocenters. The molecule has 0 bridgehead atoms. The molecule has 0 aliphatic rings.